The van der Waals surface area contributed by atoms with Gasteiger partial charge in [0.1, 0.15) is 12.3 Å². The molecular weight excluding hydrogens is 413 g/mol. The molecule has 13 heteroatoms. The van der Waals surface area contributed by atoms with Crippen molar-refractivity contribution in [2.45, 2.75) is 43.4 Å². The molecule has 0 aromatic carbocycles. The van der Waals surface area contributed by atoms with Gasteiger partial charge in [0, 0.05) is 19.2 Å². The summed E-state index contributed by atoms with van der Waals surface area (Å²) in [5.41, 5.74) is 0. The van der Waals surface area contributed by atoms with Gasteiger partial charge >= 0.3 is 6.18 Å². The van der Waals surface area contributed by atoms with E-state index in [0.717, 1.165) is 16.3 Å². The predicted molar refractivity (Wildman–Crippen MR) is 98.9 cm³/mol. The van der Waals surface area contributed by atoms with E-state index in [1.165, 1.54) is 0 Å². The zero-order valence-corrected chi connectivity index (χ0v) is 16.7. The number of aryl methyl sites for hydroxylation is 1. The van der Waals surface area contributed by atoms with E-state index in [1.54, 1.807) is 24.8 Å². The third-order valence-corrected chi connectivity index (χ3v) is 5.46. The van der Waals surface area contributed by atoms with E-state index in [2.05, 4.69) is 20.7 Å². The van der Waals surface area contributed by atoms with Crippen molar-refractivity contribution in [2.75, 3.05) is 36.5 Å². The molecule has 3 heterocycles. The summed E-state index contributed by atoms with van der Waals surface area (Å²) >= 11 is 0.936. The van der Waals surface area contributed by atoms with E-state index in [1.807, 2.05) is 0 Å². The number of amides is 1. The number of hydrogen-bond acceptors (Lipinski definition) is 8. The number of carbonyl (C=O) groups is 1. The molecule has 1 unspecified atom stereocenters. The quantitative estimate of drug-likeness (QED) is 0.664. The molecule has 1 aliphatic rings. The van der Waals surface area contributed by atoms with Crippen molar-refractivity contribution < 1.29 is 27.2 Å². The van der Waals surface area contributed by atoms with E-state index in [-0.39, 0.29) is 16.9 Å². The summed E-state index contributed by atoms with van der Waals surface area (Å²) in [6.45, 7) is 3.85. The zero-order chi connectivity index (χ0) is 21.0. The fourth-order valence-corrected chi connectivity index (χ4v) is 3.71. The number of alkyl halides is 3. The van der Waals surface area contributed by atoms with Gasteiger partial charge in [-0.15, -0.1) is 10.2 Å². The summed E-state index contributed by atoms with van der Waals surface area (Å²) in [4.78, 5) is 14.2. The molecule has 29 heavy (non-hydrogen) atoms. The van der Waals surface area contributed by atoms with Crippen LogP contribution >= 0.6 is 11.8 Å². The number of thioether (sulfide) groups is 1. The van der Waals surface area contributed by atoms with Gasteiger partial charge in [-0.05, 0) is 13.3 Å². The molecule has 0 saturated carbocycles. The molecule has 2 aromatic rings. The van der Waals surface area contributed by atoms with Crippen molar-refractivity contribution in [1.82, 2.24) is 19.9 Å². The van der Waals surface area contributed by atoms with Crippen LogP contribution in [0.1, 0.15) is 19.1 Å². The molecule has 2 aromatic heterocycles. The van der Waals surface area contributed by atoms with Crippen LogP contribution in [0.15, 0.2) is 15.7 Å². The van der Waals surface area contributed by atoms with Gasteiger partial charge in [-0.1, -0.05) is 23.8 Å². The normalized spacial score (nSPS) is 16.1. The summed E-state index contributed by atoms with van der Waals surface area (Å²) < 4.78 is 50.7. The summed E-state index contributed by atoms with van der Waals surface area (Å²) in [5, 5.41) is 13.5. The highest BCUT2D eigenvalue weighted by molar-refractivity contribution is 8.00. The fourth-order valence-electron chi connectivity index (χ4n) is 2.76. The maximum atomic E-state index is 13.2. The van der Waals surface area contributed by atoms with E-state index in [0.29, 0.717) is 38.5 Å². The molecule has 1 fully saturated rings. The molecule has 0 aliphatic carbocycles. The van der Waals surface area contributed by atoms with Crippen LogP contribution in [-0.2, 0) is 16.1 Å². The van der Waals surface area contributed by atoms with Gasteiger partial charge < -0.3 is 19.5 Å². The molecule has 0 spiro atoms. The molecule has 160 valence electrons. The maximum Gasteiger partial charge on any atom is 0.406 e. The Morgan fingerprint density at radius 3 is 2.66 bits per heavy atom. The van der Waals surface area contributed by atoms with Gasteiger partial charge in [0.15, 0.2) is 11.0 Å². The first-order valence-electron chi connectivity index (χ1n) is 9.00. The number of hydrogen-bond donors (Lipinski definition) is 1. The monoisotopic (exact) mass is 434 g/mol. The summed E-state index contributed by atoms with van der Waals surface area (Å²) in [6, 6.07) is 1.55. The Kier molecular flexibility index (Phi) is 6.67. The minimum Gasteiger partial charge on any atom is -0.378 e. The van der Waals surface area contributed by atoms with Crippen LogP contribution in [0, 0.1) is 6.92 Å². The standard InChI is InChI=1S/C16H21F3N6O3S/c1-3-11(13(26)20-12-8-10(2)28-23-12)29-15-22-21-14(24-4-6-27-7-5-24)25(15)9-16(17,18)19/h8,11H,3-7,9H2,1-2H3,(H,20,23,26). The predicted octanol–water partition coefficient (Wildman–Crippen LogP) is 2.48. The van der Waals surface area contributed by atoms with Crippen molar-refractivity contribution in [3.63, 3.8) is 0 Å². The topological polar surface area (TPSA) is 98.3 Å². The number of morpholine rings is 1. The molecule has 0 radical (unpaired) electrons. The Bertz CT molecular complexity index is 834. The van der Waals surface area contributed by atoms with E-state index >= 15 is 0 Å². The Hall–Kier alpha value is -2.28. The number of anilines is 2. The van der Waals surface area contributed by atoms with Crippen LogP contribution < -0.4 is 10.2 Å². The molecular formula is C16H21F3N6O3S. The lowest BCUT2D eigenvalue weighted by atomic mass is 10.3. The molecule has 1 N–H and O–H groups in total. The summed E-state index contributed by atoms with van der Waals surface area (Å²) in [5.74, 6) is 0.495. The second-order valence-corrected chi connectivity index (χ2v) is 7.58. The Morgan fingerprint density at radius 2 is 2.07 bits per heavy atom. The van der Waals surface area contributed by atoms with Gasteiger partial charge in [-0.3, -0.25) is 9.36 Å². The number of aromatic nitrogens is 4. The number of rotatable bonds is 7. The number of nitrogens with one attached hydrogen (secondary N) is 1. The van der Waals surface area contributed by atoms with Crippen molar-refractivity contribution >= 4 is 29.4 Å². The first-order valence-corrected chi connectivity index (χ1v) is 9.88. The largest absolute Gasteiger partial charge is 0.406 e. The second kappa shape index (κ2) is 9.03. The molecule has 1 atom stereocenters. The highest BCUT2D eigenvalue weighted by atomic mass is 32.2. The van der Waals surface area contributed by atoms with Gasteiger partial charge in [0.05, 0.1) is 18.5 Å². The molecule has 3 rings (SSSR count). The van der Waals surface area contributed by atoms with Crippen LogP contribution in [0.5, 0.6) is 0 Å². The third kappa shape index (κ3) is 5.63. The average molecular weight is 434 g/mol. The third-order valence-electron chi connectivity index (χ3n) is 4.12. The lowest BCUT2D eigenvalue weighted by Crippen LogP contribution is -2.38. The van der Waals surface area contributed by atoms with E-state index < -0.39 is 23.9 Å². The van der Waals surface area contributed by atoms with Crippen LogP contribution in [0.4, 0.5) is 24.9 Å². The number of carbonyl (C=O) groups excluding carboxylic acids is 1. The smallest absolute Gasteiger partial charge is 0.378 e. The average Bonchev–Trinajstić information content (AvgIpc) is 3.25. The summed E-state index contributed by atoms with van der Waals surface area (Å²) in [7, 11) is 0. The molecule has 1 aliphatic heterocycles. The van der Waals surface area contributed by atoms with Gasteiger partial charge in [-0.25, -0.2) is 0 Å². The van der Waals surface area contributed by atoms with Gasteiger partial charge in [-0.2, -0.15) is 13.2 Å². The van der Waals surface area contributed by atoms with Crippen LogP contribution in [0.2, 0.25) is 0 Å². The van der Waals surface area contributed by atoms with Crippen molar-refractivity contribution in [2.24, 2.45) is 0 Å². The second-order valence-electron chi connectivity index (χ2n) is 6.41. The number of ether oxygens (including phenoxy) is 1. The van der Waals surface area contributed by atoms with Crippen molar-refractivity contribution in [1.29, 1.82) is 0 Å². The minimum absolute atomic E-state index is 0.0298. The first-order chi connectivity index (χ1) is 13.8. The van der Waals surface area contributed by atoms with Crippen LogP contribution in [-0.4, -0.2) is 63.6 Å². The number of halogens is 3. The maximum absolute atomic E-state index is 13.2. The SMILES string of the molecule is CCC(Sc1nnc(N2CCOCC2)n1CC(F)(F)F)C(=O)Nc1cc(C)on1. The summed E-state index contributed by atoms with van der Waals surface area (Å²) in [6.07, 6.45) is -4.08. The van der Waals surface area contributed by atoms with E-state index in [9.17, 15) is 18.0 Å². The van der Waals surface area contributed by atoms with Crippen LogP contribution in [0.25, 0.3) is 0 Å². The first kappa shape index (κ1) is 21.4. The fraction of sp³-hybridized carbons (Fsp3) is 0.625. The molecule has 0 bridgehead atoms. The highest BCUT2D eigenvalue weighted by Crippen LogP contribution is 2.31. The Balaban J connectivity index is 1.80. The highest BCUT2D eigenvalue weighted by Gasteiger charge is 2.34. The molecule has 9 nitrogen and oxygen atoms in total. The molecule has 1 amide bonds. The lowest BCUT2D eigenvalue weighted by molar-refractivity contribution is -0.141. The van der Waals surface area contributed by atoms with E-state index in [4.69, 9.17) is 9.26 Å². The number of nitrogens with zero attached hydrogens (tertiary/aromatic N) is 5. The lowest BCUT2D eigenvalue weighted by Gasteiger charge is -2.28. The van der Waals surface area contributed by atoms with Crippen molar-refractivity contribution in [3.8, 4) is 0 Å². The Labute approximate surface area is 168 Å². The zero-order valence-electron chi connectivity index (χ0n) is 15.9. The minimum atomic E-state index is -4.46. The van der Waals surface area contributed by atoms with Crippen LogP contribution in [0.3, 0.4) is 0 Å². The Morgan fingerprint density at radius 1 is 1.34 bits per heavy atom. The van der Waals surface area contributed by atoms with Crippen molar-refractivity contribution in [3.05, 3.63) is 11.8 Å². The molecule has 1 saturated heterocycles. The van der Waals surface area contributed by atoms with Gasteiger partial charge in [0.2, 0.25) is 11.9 Å². The van der Waals surface area contributed by atoms with Gasteiger partial charge in [0.25, 0.3) is 0 Å².